The molecule has 1 aromatic rings. The first-order chi connectivity index (χ1) is 9.58. The average molecular weight is 273 g/mol. The van der Waals surface area contributed by atoms with E-state index in [1.165, 1.54) is 5.56 Å². The van der Waals surface area contributed by atoms with E-state index >= 15 is 0 Å². The molecule has 20 heavy (non-hydrogen) atoms. The fourth-order valence-corrected chi connectivity index (χ4v) is 2.41. The van der Waals surface area contributed by atoms with E-state index < -0.39 is 0 Å². The Labute approximate surface area is 121 Å². The molecule has 0 unspecified atom stereocenters. The minimum atomic E-state index is 0.118. The molecular formula is C17H23NO2. The first-order valence-corrected chi connectivity index (χ1v) is 7.13. The monoisotopic (exact) mass is 273 g/mol. The molecule has 0 bridgehead atoms. The molecule has 1 N–H and O–H groups in total. The van der Waals surface area contributed by atoms with E-state index in [2.05, 4.69) is 44.4 Å². The number of allylic oxidation sites excluding steroid dienone is 2. The number of hydrogen-bond donors (Lipinski definition) is 1. The summed E-state index contributed by atoms with van der Waals surface area (Å²) in [7, 11) is 0. The summed E-state index contributed by atoms with van der Waals surface area (Å²) >= 11 is 0. The van der Waals surface area contributed by atoms with Crippen molar-refractivity contribution in [3.63, 3.8) is 0 Å². The number of hydrogen-bond acceptors (Lipinski definition) is 3. The molecule has 1 aromatic carbocycles. The smallest absolute Gasteiger partial charge is 0.196 e. The molecule has 0 amide bonds. The van der Waals surface area contributed by atoms with Gasteiger partial charge in [-0.1, -0.05) is 25.6 Å². The Morgan fingerprint density at radius 3 is 2.65 bits per heavy atom. The largest absolute Gasteiger partial charge is 0.440 e. The second-order valence-corrected chi connectivity index (χ2v) is 5.20. The number of aliphatic hydroxyl groups is 1. The predicted octanol–water partition coefficient (Wildman–Crippen LogP) is 3.25. The number of aliphatic hydroxyl groups excluding tert-OH is 1. The second-order valence-electron chi connectivity index (χ2n) is 5.20. The maximum absolute atomic E-state index is 9.21. The van der Waals surface area contributed by atoms with Crippen LogP contribution in [0.3, 0.4) is 0 Å². The number of rotatable bonds is 5. The molecule has 0 spiro atoms. The molecule has 1 aliphatic heterocycles. The van der Waals surface area contributed by atoms with Crippen LogP contribution in [0.15, 0.2) is 30.7 Å². The highest BCUT2D eigenvalue weighted by Gasteiger charge is 2.21. The van der Waals surface area contributed by atoms with Crippen LogP contribution in [0.25, 0.3) is 5.57 Å². The molecule has 108 valence electrons. The highest BCUT2D eigenvalue weighted by molar-refractivity contribution is 5.79. The fourth-order valence-electron chi connectivity index (χ4n) is 2.41. The standard InChI is InChI=1S/C17H23NO2/c1-5-8-18(9-10-19)16-11-13(3)15-7-6-12(2)14(4)17(15)20-16/h6-7,11,19H,3,5,8-10H2,1-2,4H3. The van der Waals surface area contributed by atoms with Crippen molar-refractivity contribution >= 4 is 5.57 Å². The second kappa shape index (κ2) is 6.14. The lowest BCUT2D eigenvalue weighted by atomic mass is 9.98. The van der Waals surface area contributed by atoms with Crippen molar-refractivity contribution < 1.29 is 9.84 Å². The van der Waals surface area contributed by atoms with Crippen molar-refractivity contribution in [2.24, 2.45) is 0 Å². The van der Waals surface area contributed by atoms with Gasteiger partial charge in [0, 0.05) is 24.7 Å². The third-order valence-electron chi connectivity index (χ3n) is 3.70. The summed E-state index contributed by atoms with van der Waals surface area (Å²) in [5, 5.41) is 9.21. The number of nitrogens with zero attached hydrogens (tertiary/aromatic N) is 1. The molecule has 3 heteroatoms. The van der Waals surface area contributed by atoms with Crippen LogP contribution in [0.2, 0.25) is 0 Å². The van der Waals surface area contributed by atoms with Crippen LogP contribution in [0.5, 0.6) is 5.75 Å². The lowest BCUT2D eigenvalue weighted by molar-refractivity contribution is 0.169. The van der Waals surface area contributed by atoms with Gasteiger partial charge in [0.1, 0.15) is 5.75 Å². The lowest BCUT2D eigenvalue weighted by Gasteiger charge is -2.30. The predicted molar refractivity (Wildman–Crippen MR) is 82.6 cm³/mol. The minimum absolute atomic E-state index is 0.118. The van der Waals surface area contributed by atoms with Crippen molar-refractivity contribution in [3.8, 4) is 5.75 Å². The van der Waals surface area contributed by atoms with E-state index in [0.717, 1.165) is 41.3 Å². The molecule has 0 aliphatic carbocycles. The maximum atomic E-state index is 9.21. The molecular weight excluding hydrogens is 250 g/mol. The summed E-state index contributed by atoms with van der Waals surface area (Å²) < 4.78 is 6.10. The topological polar surface area (TPSA) is 32.7 Å². The third kappa shape index (κ3) is 2.73. The molecule has 2 rings (SSSR count). The van der Waals surface area contributed by atoms with Crippen molar-refractivity contribution in [1.29, 1.82) is 0 Å². The first kappa shape index (κ1) is 14.7. The molecule has 3 nitrogen and oxygen atoms in total. The van der Waals surface area contributed by atoms with Gasteiger partial charge in [0.2, 0.25) is 0 Å². The van der Waals surface area contributed by atoms with E-state index in [-0.39, 0.29) is 6.61 Å². The number of benzene rings is 1. The van der Waals surface area contributed by atoms with Crippen LogP contribution in [0, 0.1) is 13.8 Å². The van der Waals surface area contributed by atoms with Crippen molar-refractivity contribution in [3.05, 3.63) is 47.4 Å². The van der Waals surface area contributed by atoms with Crippen LogP contribution in [0.4, 0.5) is 0 Å². The molecule has 0 aromatic heterocycles. The van der Waals surface area contributed by atoms with Gasteiger partial charge in [0.05, 0.1) is 6.61 Å². The van der Waals surface area contributed by atoms with E-state index in [9.17, 15) is 5.11 Å². The highest BCUT2D eigenvalue weighted by Crippen LogP contribution is 2.37. The minimum Gasteiger partial charge on any atom is -0.440 e. The van der Waals surface area contributed by atoms with Gasteiger partial charge in [0.15, 0.2) is 5.88 Å². The Bertz CT molecular complexity index is 540. The van der Waals surface area contributed by atoms with Gasteiger partial charge in [-0.05, 0) is 37.0 Å². The van der Waals surface area contributed by atoms with Gasteiger partial charge >= 0.3 is 0 Å². The average Bonchev–Trinajstić information content (AvgIpc) is 2.43. The molecule has 0 fully saturated rings. The van der Waals surface area contributed by atoms with Crippen molar-refractivity contribution in [1.82, 2.24) is 4.90 Å². The van der Waals surface area contributed by atoms with Crippen LogP contribution >= 0.6 is 0 Å². The van der Waals surface area contributed by atoms with Crippen LogP contribution in [-0.4, -0.2) is 29.7 Å². The first-order valence-electron chi connectivity index (χ1n) is 7.13. The van der Waals surface area contributed by atoms with Crippen LogP contribution in [0.1, 0.15) is 30.0 Å². The van der Waals surface area contributed by atoms with Gasteiger partial charge in [0.25, 0.3) is 0 Å². The lowest BCUT2D eigenvalue weighted by Crippen LogP contribution is -2.31. The van der Waals surface area contributed by atoms with Crippen molar-refractivity contribution in [2.75, 3.05) is 19.7 Å². The quantitative estimate of drug-likeness (QED) is 0.894. The van der Waals surface area contributed by atoms with Gasteiger partial charge in [-0.15, -0.1) is 0 Å². The maximum Gasteiger partial charge on any atom is 0.196 e. The Morgan fingerprint density at radius 1 is 1.25 bits per heavy atom. The Balaban J connectivity index is 2.36. The highest BCUT2D eigenvalue weighted by atomic mass is 16.5. The molecule has 0 saturated carbocycles. The van der Waals surface area contributed by atoms with Crippen LogP contribution in [-0.2, 0) is 0 Å². The Kier molecular flexibility index (Phi) is 4.50. The summed E-state index contributed by atoms with van der Waals surface area (Å²) in [6.07, 6.45) is 2.97. The number of aryl methyl sites for hydroxylation is 1. The zero-order valence-corrected chi connectivity index (χ0v) is 12.6. The summed E-state index contributed by atoms with van der Waals surface area (Å²) in [4.78, 5) is 2.07. The molecule has 0 atom stereocenters. The normalized spacial score (nSPS) is 13.6. The number of fused-ring (bicyclic) bond motifs is 1. The van der Waals surface area contributed by atoms with Gasteiger partial charge in [-0.2, -0.15) is 0 Å². The third-order valence-corrected chi connectivity index (χ3v) is 3.70. The van der Waals surface area contributed by atoms with E-state index in [4.69, 9.17) is 4.74 Å². The van der Waals surface area contributed by atoms with E-state index in [0.29, 0.717) is 6.54 Å². The molecule has 1 aliphatic rings. The van der Waals surface area contributed by atoms with E-state index in [1.807, 2.05) is 6.08 Å². The van der Waals surface area contributed by atoms with Gasteiger partial charge in [-0.25, -0.2) is 0 Å². The SMILES string of the molecule is C=C1C=C(N(CCC)CCO)Oc2c1ccc(C)c2C. The fraction of sp³-hybridized carbons (Fsp3) is 0.412. The molecule has 0 radical (unpaired) electrons. The van der Waals surface area contributed by atoms with Gasteiger partial charge < -0.3 is 14.7 Å². The van der Waals surface area contributed by atoms with Crippen molar-refractivity contribution in [2.45, 2.75) is 27.2 Å². The zero-order chi connectivity index (χ0) is 14.7. The Hall–Kier alpha value is -1.74. The summed E-state index contributed by atoms with van der Waals surface area (Å²) in [6.45, 7) is 12.0. The van der Waals surface area contributed by atoms with Crippen LogP contribution < -0.4 is 4.74 Å². The Morgan fingerprint density at radius 2 is 2.00 bits per heavy atom. The summed E-state index contributed by atoms with van der Waals surface area (Å²) in [5.41, 5.74) is 4.37. The van der Waals surface area contributed by atoms with E-state index in [1.54, 1.807) is 0 Å². The molecule has 0 saturated heterocycles. The zero-order valence-electron chi connectivity index (χ0n) is 12.6. The number of ether oxygens (including phenoxy) is 1. The van der Waals surface area contributed by atoms with Gasteiger partial charge in [-0.3, -0.25) is 0 Å². The summed E-state index contributed by atoms with van der Waals surface area (Å²) in [5.74, 6) is 1.68. The summed E-state index contributed by atoms with van der Waals surface area (Å²) in [6, 6.07) is 4.16. The molecule has 1 heterocycles.